The maximum absolute atomic E-state index is 11.3. The maximum atomic E-state index is 11.3. The highest BCUT2D eigenvalue weighted by molar-refractivity contribution is 5.90. The first-order valence-electron chi connectivity index (χ1n) is 6.27. The number of anilines is 1. The molecule has 0 unspecified atom stereocenters. The van der Waals surface area contributed by atoms with Gasteiger partial charge in [-0.1, -0.05) is 18.2 Å². The molecule has 0 aliphatic carbocycles. The fourth-order valence-corrected chi connectivity index (χ4v) is 1.73. The van der Waals surface area contributed by atoms with Crippen LogP contribution in [-0.2, 0) is 4.74 Å². The van der Waals surface area contributed by atoms with E-state index in [1.807, 2.05) is 60.4 Å². The number of methoxy groups -OCH3 is 1. The minimum Gasteiger partial charge on any atom is -0.465 e. The van der Waals surface area contributed by atoms with Gasteiger partial charge >= 0.3 is 5.97 Å². The van der Waals surface area contributed by atoms with E-state index >= 15 is 0 Å². The average molecular weight is 269 g/mol. The van der Waals surface area contributed by atoms with Crippen LogP contribution in [0.25, 0.3) is 0 Å². The molecule has 0 radical (unpaired) electrons. The molecule has 0 bridgehead atoms. The van der Waals surface area contributed by atoms with E-state index in [2.05, 4.69) is 10.1 Å². The molecular weight excluding hydrogens is 252 g/mol. The van der Waals surface area contributed by atoms with Crippen molar-refractivity contribution in [1.29, 1.82) is 0 Å². The van der Waals surface area contributed by atoms with Crippen molar-refractivity contribution in [2.24, 2.45) is 0 Å². The molecule has 0 aliphatic rings. The molecule has 4 heteroatoms. The van der Waals surface area contributed by atoms with Crippen LogP contribution in [0, 0.1) is 0 Å². The van der Waals surface area contributed by atoms with Gasteiger partial charge in [0.25, 0.3) is 0 Å². The highest BCUT2D eigenvalue weighted by Crippen LogP contribution is 2.11. The highest BCUT2D eigenvalue weighted by atomic mass is 16.5. The van der Waals surface area contributed by atoms with Gasteiger partial charge in [-0.2, -0.15) is 0 Å². The Bertz CT molecular complexity index is 604. The van der Waals surface area contributed by atoms with Crippen LogP contribution in [0.4, 0.5) is 11.4 Å². The Morgan fingerprint density at radius 1 is 1.10 bits per heavy atom. The van der Waals surface area contributed by atoms with Crippen LogP contribution in [0.2, 0.25) is 0 Å². The van der Waals surface area contributed by atoms with E-state index < -0.39 is 0 Å². The number of benzene rings is 2. The van der Waals surface area contributed by atoms with Crippen LogP contribution >= 0.6 is 0 Å². The van der Waals surface area contributed by atoms with Crippen LogP contribution in [-0.4, -0.2) is 31.0 Å². The zero-order valence-corrected chi connectivity index (χ0v) is 11.5. The van der Waals surface area contributed by atoms with Gasteiger partial charge in [0.15, 0.2) is 0 Å². The second kappa shape index (κ2) is 6.52. The van der Waals surface area contributed by atoms with E-state index in [-0.39, 0.29) is 5.97 Å². The lowest BCUT2D eigenvalue weighted by atomic mass is 10.2. The van der Waals surface area contributed by atoms with E-state index in [0.717, 1.165) is 11.4 Å². The molecule has 0 amide bonds. The zero-order valence-electron chi connectivity index (χ0n) is 11.5. The van der Waals surface area contributed by atoms with Gasteiger partial charge in [0.1, 0.15) is 11.4 Å². The van der Waals surface area contributed by atoms with E-state index in [0.29, 0.717) is 5.56 Å². The third-order valence-corrected chi connectivity index (χ3v) is 2.89. The lowest BCUT2D eigenvalue weighted by Gasteiger charge is -2.01. The van der Waals surface area contributed by atoms with Crippen molar-refractivity contribution in [2.75, 3.05) is 19.5 Å². The second-order valence-electron chi connectivity index (χ2n) is 4.29. The first-order chi connectivity index (χ1) is 9.70. The van der Waals surface area contributed by atoms with E-state index in [9.17, 15) is 4.79 Å². The number of carbonyl (C=O) groups excluding carboxylic acids is 1. The zero-order chi connectivity index (χ0) is 14.4. The smallest absolute Gasteiger partial charge is 0.337 e. The fourth-order valence-electron chi connectivity index (χ4n) is 1.73. The van der Waals surface area contributed by atoms with Gasteiger partial charge in [-0.15, -0.1) is 0 Å². The molecule has 1 N–H and O–H groups in total. The van der Waals surface area contributed by atoms with Crippen LogP contribution in [0.15, 0.2) is 54.6 Å². The Morgan fingerprint density at radius 2 is 1.75 bits per heavy atom. The molecule has 4 nitrogen and oxygen atoms in total. The fraction of sp³-hybridized carbons (Fsp3) is 0.125. The Hall–Kier alpha value is -2.62. The SMILES string of the molecule is COC(=O)c1ccc(NC=[N+](C)c2ccccc2)cc1. The van der Waals surface area contributed by atoms with Crippen molar-refractivity contribution in [3.05, 3.63) is 60.2 Å². The van der Waals surface area contributed by atoms with Crippen molar-refractivity contribution in [1.82, 2.24) is 0 Å². The number of rotatable bonds is 4. The van der Waals surface area contributed by atoms with Gasteiger partial charge in [-0.25, -0.2) is 14.7 Å². The molecule has 0 saturated heterocycles. The highest BCUT2D eigenvalue weighted by Gasteiger charge is 2.05. The molecule has 102 valence electrons. The predicted molar refractivity (Wildman–Crippen MR) is 79.8 cm³/mol. The summed E-state index contributed by atoms with van der Waals surface area (Å²) < 4.78 is 6.64. The summed E-state index contributed by atoms with van der Waals surface area (Å²) in [4.78, 5) is 11.3. The number of nitrogens with zero attached hydrogens (tertiary/aromatic N) is 1. The van der Waals surface area contributed by atoms with Gasteiger partial charge in [0.05, 0.1) is 19.7 Å². The number of para-hydroxylation sites is 1. The quantitative estimate of drug-likeness (QED) is 0.401. The molecule has 0 aliphatic heterocycles. The number of esters is 1. The summed E-state index contributed by atoms with van der Waals surface area (Å²) in [6, 6.07) is 17.1. The van der Waals surface area contributed by atoms with Crippen molar-refractivity contribution < 1.29 is 14.1 Å². The Kier molecular flexibility index (Phi) is 4.50. The van der Waals surface area contributed by atoms with E-state index in [4.69, 9.17) is 0 Å². The predicted octanol–water partition coefficient (Wildman–Crippen LogP) is 2.89. The molecule has 2 aromatic rings. The van der Waals surface area contributed by atoms with E-state index in [1.54, 1.807) is 12.1 Å². The van der Waals surface area contributed by atoms with Crippen LogP contribution < -0.4 is 5.32 Å². The Labute approximate surface area is 118 Å². The van der Waals surface area contributed by atoms with Gasteiger partial charge in [0.2, 0.25) is 6.34 Å². The molecular formula is C16H17N2O2+. The van der Waals surface area contributed by atoms with Gasteiger partial charge in [0, 0.05) is 0 Å². The summed E-state index contributed by atoms with van der Waals surface area (Å²) in [6.07, 6.45) is 1.86. The van der Waals surface area contributed by atoms with Gasteiger partial charge in [-0.05, 0) is 36.4 Å². The topological polar surface area (TPSA) is 41.3 Å². The monoisotopic (exact) mass is 269 g/mol. The Balaban J connectivity index is 2.05. The normalized spacial score (nSPS) is 11.0. The summed E-state index contributed by atoms with van der Waals surface area (Å²) >= 11 is 0. The first-order valence-corrected chi connectivity index (χ1v) is 6.27. The van der Waals surface area contributed by atoms with Crippen LogP contribution in [0.3, 0.4) is 0 Å². The lowest BCUT2D eigenvalue weighted by molar-refractivity contribution is -0.399. The van der Waals surface area contributed by atoms with Crippen molar-refractivity contribution in [3.8, 4) is 0 Å². The molecule has 0 aromatic heterocycles. The number of ether oxygens (including phenoxy) is 1. The summed E-state index contributed by atoms with van der Waals surface area (Å²) in [5.41, 5.74) is 2.53. The minimum atomic E-state index is -0.332. The molecule has 0 spiro atoms. The first kappa shape index (κ1) is 13.8. The molecule has 0 heterocycles. The van der Waals surface area contributed by atoms with Crippen molar-refractivity contribution >= 4 is 23.7 Å². The number of nitrogens with one attached hydrogen (secondary N) is 1. The van der Waals surface area contributed by atoms with E-state index in [1.165, 1.54) is 7.11 Å². The lowest BCUT2D eigenvalue weighted by Crippen LogP contribution is -2.08. The molecule has 0 saturated carbocycles. The number of carbonyl (C=O) groups is 1. The molecule has 20 heavy (non-hydrogen) atoms. The molecule has 0 fully saturated rings. The summed E-state index contributed by atoms with van der Waals surface area (Å²) in [5.74, 6) is -0.332. The van der Waals surface area contributed by atoms with Crippen molar-refractivity contribution in [3.63, 3.8) is 0 Å². The van der Waals surface area contributed by atoms with Crippen LogP contribution in [0.1, 0.15) is 10.4 Å². The minimum absolute atomic E-state index is 0.332. The average Bonchev–Trinajstić information content (AvgIpc) is 2.53. The Morgan fingerprint density at radius 3 is 2.35 bits per heavy atom. The second-order valence-corrected chi connectivity index (χ2v) is 4.29. The van der Waals surface area contributed by atoms with Crippen LogP contribution in [0.5, 0.6) is 0 Å². The summed E-state index contributed by atoms with van der Waals surface area (Å²) in [6.45, 7) is 0. The summed E-state index contributed by atoms with van der Waals surface area (Å²) in [7, 11) is 3.34. The third kappa shape index (κ3) is 3.45. The van der Waals surface area contributed by atoms with Gasteiger partial charge in [-0.3, -0.25) is 0 Å². The molecule has 2 rings (SSSR count). The largest absolute Gasteiger partial charge is 0.465 e. The number of hydrogen-bond donors (Lipinski definition) is 1. The van der Waals surface area contributed by atoms with Gasteiger partial charge < -0.3 is 4.74 Å². The molecule has 0 atom stereocenters. The summed E-state index contributed by atoms with van der Waals surface area (Å²) in [5, 5.41) is 3.18. The maximum Gasteiger partial charge on any atom is 0.337 e. The third-order valence-electron chi connectivity index (χ3n) is 2.89. The molecule has 2 aromatic carbocycles. The standard InChI is InChI=1S/C16H16N2O2/c1-18(15-6-4-3-5-7-15)12-17-14-10-8-13(9-11-14)16(19)20-2/h3-12H,1-2H3/p+1. The number of hydrogen-bond acceptors (Lipinski definition) is 2. The van der Waals surface area contributed by atoms with Crippen molar-refractivity contribution in [2.45, 2.75) is 0 Å².